The number of ether oxygens (including phenoxy) is 4. The molecule has 0 aliphatic heterocycles. The van der Waals surface area contributed by atoms with E-state index in [1.165, 1.54) is 7.11 Å². The summed E-state index contributed by atoms with van der Waals surface area (Å²) in [5.74, 6) is -1.91. The molecule has 0 saturated heterocycles. The van der Waals surface area contributed by atoms with Crippen LogP contribution in [0, 0.1) is 0 Å². The van der Waals surface area contributed by atoms with Gasteiger partial charge in [-0.15, -0.1) is 0 Å². The Balaban J connectivity index is 1.54. The van der Waals surface area contributed by atoms with Gasteiger partial charge in [-0.1, -0.05) is 73.5 Å². The van der Waals surface area contributed by atoms with Gasteiger partial charge >= 0.3 is 11.9 Å². The first-order valence-electron chi connectivity index (χ1n) is 13.7. The maximum Gasteiger partial charge on any atom is 0.332 e. The van der Waals surface area contributed by atoms with E-state index in [1.54, 1.807) is 0 Å². The number of rotatable bonds is 21. The van der Waals surface area contributed by atoms with E-state index in [2.05, 4.69) is 5.32 Å². The fourth-order valence-corrected chi connectivity index (χ4v) is 3.83. The molecule has 0 aliphatic carbocycles. The third-order valence-corrected chi connectivity index (χ3v) is 6.03. The molecule has 10 heteroatoms. The number of hydrogen-bond donors (Lipinski definition) is 1. The van der Waals surface area contributed by atoms with Gasteiger partial charge in [0.2, 0.25) is 5.91 Å². The zero-order chi connectivity index (χ0) is 29.7. The fraction of sp³-hybridized carbons (Fsp3) is 0.452. The number of esters is 2. The molecule has 2 aromatic rings. The Hall–Kier alpha value is -3.89. The molecular weight excluding hydrogens is 530 g/mol. The van der Waals surface area contributed by atoms with E-state index in [4.69, 9.17) is 18.9 Å². The third-order valence-electron chi connectivity index (χ3n) is 6.03. The molecule has 2 rings (SSSR count). The van der Waals surface area contributed by atoms with Gasteiger partial charge in [0, 0.05) is 12.8 Å². The van der Waals surface area contributed by atoms with Crippen molar-refractivity contribution in [2.75, 3.05) is 33.5 Å². The Morgan fingerprint density at radius 1 is 0.707 bits per heavy atom. The van der Waals surface area contributed by atoms with Crippen LogP contribution in [-0.4, -0.2) is 69.0 Å². The van der Waals surface area contributed by atoms with Crippen LogP contribution >= 0.6 is 0 Å². The van der Waals surface area contributed by atoms with Crippen molar-refractivity contribution in [1.29, 1.82) is 0 Å². The summed E-state index contributed by atoms with van der Waals surface area (Å²) in [6, 6.07) is 18.0. The third kappa shape index (κ3) is 15.5. The van der Waals surface area contributed by atoms with Gasteiger partial charge in [-0.3, -0.25) is 14.4 Å². The summed E-state index contributed by atoms with van der Waals surface area (Å²) in [5, 5.41) is 2.58. The predicted molar refractivity (Wildman–Crippen MR) is 150 cm³/mol. The lowest BCUT2D eigenvalue weighted by Gasteiger charge is -2.16. The molecule has 222 valence electrons. The summed E-state index contributed by atoms with van der Waals surface area (Å²) in [6.45, 7) is -0.874. The van der Waals surface area contributed by atoms with E-state index in [0.717, 1.165) is 11.1 Å². The van der Waals surface area contributed by atoms with Gasteiger partial charge in [0.15, 0.2) is 11.6 Å². The Morgan fingerprint density at radius 3 is 1.98 bits per heavy atom. The molecule has 0 saturated carbocycles. The fourth-order valence-electron chi connectivity index (χ4n) is 3.83. The number of aryl methyl sites for hydroxylation is 1. The van der Waals surface area contributed by atoms with Crippen molar-refractivity contribution in [1.82, 2.24) is 5.32 Å². The average Bonchev–Trinajstić information content (AvgIpc) is 2.99. The number of Topliss-reactive ketones (excluding diaryl/α,β-unsaturated/α-hetero) is 2. The minimum absolute atomic E-state index is 0.117. The summed E-state index contributed by atoms with van der Waals surface area (Å²) in [7, 11) is 1.24. The summed E-state index contributed by atoms with van der Waals surface area (Å²) >= 11 is 0. The normalized spacial score (nSPS) is 11.3. The minimum atomic E-state index is -0.856. The van der Waals surface area contributed by atoms with Crippen LogP contribution in [0.3, 0.4) is 0 Å². The van der Waals surface area contributed by atoms with Gasteiger partial charge in [0.1, 0.15) is 39.1 Å². The molecule has 0 radical (unpaired) electrons. The van der Waals surface area contributed by atoms with Crippen LogP contribution in [0.15, 0.2) is 60.7 Å². The zero-order valence-corrected chi connectivity index (χ0v) is 23.5. The predicted octanol–water partition coefficient (Wildman–Crippen LogP) is 3.14. The van der Waals surface area contributed by atoms with Gasteiger partial charge in [0.25, 0.3) is 0 Å². The van der Waals surface area contributed by atoms with Gasteiger partial charge in [-0.25, -0.2) is 9.59 Å². The molecule has 10 nitrogen and oxygen atoms in total. The maximum absolute atomic E-state index is 12.2. The van der Waals surface area contributed by atoms with Gasteiger partial charge in [-0.05, 0) is 30.4 Å². The SMILES string of the molecule is COC(=O)[C@H](CCCCCC(=O)COCC(=O)OCc1ccccc1)NC(=O)COCC(=O)CCc1ccccc1. The van der Waals surface area contributed by atoms with Crippen LogP contribution in [0.4, 0.5) is 0 Å². The van der Waals surface area contributed by atoms with E-state index in [1.807, 2.05) is 60.7 Å². The Bertz CT molecular complexity index is 1090. The van der Waals surface area contributed by atoms with Crippen molar-refractivity contribution >= 4 is 29.4 Å². The van der Waals surface area contributed by atoms with Crippen LogP contribution in [0.25, 0.3) is 0 Å². The molecule has 0 spiro atoms. The Morgan fingerprint density at radius 2 is 1.32 bits per heavy atom. The number of carbonyl (C=O) groups excluding carboxylic acids is 5. The Labute approximate surface area is 240 Å². The lowest BCUT2D eigenvalue weighted by atomic mass is 10.1. The van der Waals surface area contributed by atoms with E-state index in [-0.39, 0.29) is 51.0 Å². The first-order chi connectivity index (χ1) is 19.9. The van der Waals surface area contributed by atoms with Gasteiger partial charge in [0.05, 0.1) is 7.11 Å². The van der Waals surface area contributed by atoms with Crippen LogP contribution in [0.2, 0.25) is 0 Å². The number of carbonyl (C=O) groups is 5. The van der Waals surface area contributed by atoms with Crippen molar-refractivity contribution in [3.63, 3.8) is 0 Å². The first kappa shape index (κ1) is 33.3. The highest BCUT2D eigenvalue weighted by Crippen LogP contribution is 2.09. The number of ketones is 2. The van der Waals surface area contributed by atoms with Crippen LogP contribution in [0.1, 0.15) is 49.7 Å². The summed E-state index contributed by atoms with van der Waals surface area (Å²) in [4.78, 5) is 60.1. The maximum atomic E-state index is 12.2. The largest absolute Gasteiger partial charge is 0.467 e. The second-order valence-electron chi connectivity index (χ2n) is 9.44. The monoisotopic (exact) mass is 569 g/mol. The average molecular weight is 570 g/mol. The second kappa shape index (κ2) is 20.1. The highest BCUT2D eigenvalue weighted by Gasteiger charge is 2.21. The van der Waals surface area contributed by atoms with Crippen LogP contribution in [-0.2, 0) is 55.9 Å². The molecular formula is C31H39NO9. The number of amides is 1. The summed E-state index contributed by atoms with van der Waals surface area (Å²) in [5.41, 5.74) is 1.91. The van der Waals surface area contributed by atoms with E-state index < -0.39 is 23.9 Å². The highest BCUT2D eigenvalue weighted by atomic mass is 16.6. The molecule has 0 aromatic heterocycles. The van der Waals surface area contributed by atoms with E-state index in [9.17, 15) is 24.0 Å². The van der Waals surface area contributed by atoms with Gasteiger partial charge in [-0.2, -0.15) is 0 Å². The van der Waals surface area contributed by atoms with Gasteiger partial charge < -0.3 is 24.3 Å². The molecule has 0 heterocycles. The lowest BCUT2D eigenvalue weighted by Crippen LogP contribution is -2.43. The number of unbranched alkanes of at least 4 members (excludes halogenated alkanes) is 2. The molecule has 1 atom stereocenters. The zero-order valence-electron chi connectivity index (χ0n) is 23.5. The summed E-state index contributed by atoms with van der Waals surface area (Å²) < 4.78 is 20.2. The number of benzene rings is 2. The van der Waals surface area contributed by atoms with Crippen molar-refractivity contribution in [3.8, 4) is 0 Å². The standard InChI is InChI=1S/C31H39NO9/c1-38-31(37)28(32-29(35)22-39-21-27(34)18-17-24-11-5-2-6-12-24)16-10-4-9-15-26(33)20-40-23-30(36)41-19-25-13-7-3-8-14-25/h2-3,5-8,11-14,28H,4,9-10,15-23H2,1H3,(H,32,35)/t28-/m0/s1. The minimum Gasteiger partial charge on any atom is -0.467 e. The van der Waals surface area contributed by atoms with Crippen molar-refractivity contribution in [3.05, 3.63) is 71.8 Å². The molecule has 0 bridgehead atoms. The molecule has 1 amide bonds. The number of hydrogen-bond acceptors (Lipinski definition) is 9. The van der Waals surface area contributed by atoms with E-state index in [0.29, 0.717) is 38.5 Å². The molecule has 0 aliphatic rings. The van der Waals surface area contributed by atoms with Crippen molar-refractivity contribution < 1.29 is 42.9 Å². The molecule has 0 fully saturated rings. The lowest BCUT2D eigenvalue weighted by molar-refractivity contribution is -0.151. The first-order valence-corrected chi connectivity index (χ1v) is 13.7. The van der Waals surface area contributed by atoms with Crippen LogP contribution < -0.4 is 5.32 Å². The summed E-state index contributed by atoms with van der Waals surface area (Å²) in [6.07, 6.45) is 3.28. The topological polar surface area (TPSA) is 134 Å². The molecule has 1 N–H and O–H groups in total. The molecule has 0 unspecified atom stereocenters. The van der Waals surface area contributed by atoms with Crippen molar-refractivity contribution in [2.24, 2.45) is 0 Å². The van der Waals surface area contributed by atoms with Crippen molar-refractivity contribution in [2.45, 2.75) is 57.6 Å². The van der Waals surface area contributed by atoms with E-state index >= 15 is 0 Å². The molecule has 41 heavy (non-hydrogen) atoms. The highest BCUT2D eigenvalue weighted by molar-refractivity contribution is 5.85. The number of nitrogens with one attached hydrogen (secondary N) is 1. The second-order valence-corrected chi connectivity index (χ2v) is 9.44. The quantitative estimate of drug-likeness (QED) is 0.178. The molecule has 2 aromatic carbocycles. The van der Waals surface area contributed by atoms with Crippen LogP contribution in [0.5, 0.6) is 0 Å². The number of methoxy groups -OCH3 is 1. The Kier molecular flexibility index (Phi) is 16.3. The smallest absolute Gasteiger partial charge is 0.332 e.